The Kier molecular flexibility index (Phi) is 11.2. The Labute approximate surface area is 271 Å². The van der Waals surface area contributed by atoms with Crippen LogP contribution in [0.4, 0.5) is 4.79 Å². The number of aromatic amines is 1. The van der Waals surface area contributed by atoms with E-state index in [-0.39, 0.29) is 0 Å². The summed E-state index contributed by atoms with van der Waals surface area (Å²) in [7, 11) is 0. The van der Waals surface area contributed by atoms with Crippen LogP contribution in [0.25, 0.3) is 10.9 Å². The van der Waals surface area contributed by atoms with Crippen molar-refractivity contribution in [1.29, 1.82) is 0 Å². The molecule has 1 aromatic carbocycles. The van der Waals surface area contributed by atoms with Crippen LogP contribution in [0.3, 0.4) is 0 Å². The number of rotatable bonds is 14. The van der Waals surface area contributed by atoms with E-state index < -0.39 is 43.5 Å². The van der Waals surface area contributed by atoms with Crippen LogP contribution in [0, 0.1) is 11.8 Å². The van der Waals surface area contributed by atoms with Gasteiger partial charge < -0.3 is 44.4 Å². The van der Waals surface area contributed by atoms with E-state index in [0.717, 1.165) is 75.3 Å². The summed E-state index contributed by atoms with van der Waals surface area (Å²) in [5.41, 5.74) is 3.92. The van der Waals surface area contributed by atoms with Crippen molar-refractivity contribution in [3.05, 3.63) is 29.5 Å². The van der Waals surface area contributed by atoms with Crippen LogP contribution in [0.15, 0.2) is 18.2 Å². The van der Waals surface area contributed by atoms with Gasteiger partial charge in [-0.05, 0) is 67.7 Å². The van der Waals surface area contributed by atoms with Gasteiger partial charge in [-0.15, -0.1) is 0 Å². The van der Waals surface area contributed by atoms with Crippen molar-refractivity contribution in [3.8, 4) is 5.75 Å². The molecule has 4 fully saturated rings. The topological polar surface area (TPSA) is 154 Å². The van der Waals surface area contributed by atoms with E-state index in [2.05, 4.69) is 16.8 Å². The highest BCUT2D eigenvalue weighted by Gasteiger charge is 2.48. The van der Waals surface area contributed by atoms with Gasteiger partial charge >= 0.3 is 6.16 Å². The number of unbranched alkanes of at least 4 members (excludes halogenated alkanes) is 6. The zero-order valence-corrected chi connectivity index (χ0v) is 27.0. The summed E-state index contributed by atoms with van der Waals surface area (Å²) in [4.78, 5) is 19.0. The highest BCUT2D eigenvalue weighted by atomic mass is 16.7. The number of aromatic nitrogens is 1. The molecule has 0 spiro atoms. The number of nitrogens with one attached hydrogen (secondary N) is 1. The fourth-order valence-corrected chi connectivity index (χ4v) is 8.51. The summed E-state index contributed by atoms with van der Waals surface area (Å²) in [6, 6.07) is 6.52. The molecule has 46 heavy (non-hydrogen) atoms. The number of aliphatic hydroxyl groups is 4. The Morgan fingerprint density at radius 1 is 1.00 bits per heavy atom. The Hall–Kier alpha value is -2.25. The monoisotopic (exact) mass is 644 g/mol. The number of carbonyl (C=O) groups excluding carboxylic acids is 1. The molecule has 0 amide bonds. The molecule has 11 heteroatoms. The Bertz CT molecular complexity index is 1300. The quantitative estimate of drug-likeness (QED) is 0.116. The number of H-pyrrole nitrogens is 1. The standard InChI is InChI=1S/C35H52N2O9/c1-2-22-16-21-17-26-29-24(12-13-37(19-21)30(22)26)25-18-23(10-11-27(25)36-29)45-35(42)44-15-9-7-5-3-4-6-8-14-43-34-33(41)32(40)31(39)28(20-38)46-34/h10-11,18,21-22,26,28,30-34,36,38-41H,2-9,12-17,19-20H2,1H3/t21-,22-,26-,28+,30?,31+,32-,33+,34?/m0/s1. The highest BCUT2D eigenvalue weighted by molar-refractivity contribution is 5.87. The third kappa shape index (κ3) is 7.26. The van der Waals surface area contributed by atoms with Crippen LogP contribution < -0.4 is 4.74 Å². The van der Waals surface area contributed by atoms with Gasteiger partial charge in [-0.25, -0.2) is 4.79 Å². The number of aliphatic hydroxyl groups excluding tert-OH is 4. The molecule has 3 saturated heterocycles. The van der Waals surface area contributed by atoms with Crippen LogP contribution >= 0.6 is 0 Å². The number of ether oxygens (including phenoxy) is 4. The van der Waals surface area contributed by atoms with Crippen LogP contribution in [0.5, 0.6) is 5.75 Å². The van der Waals surface area contributed by atoms with E-state index in [1.807, 2.05) is 18.2 Å². The van der Waals surface area contributed by atoms with Gasteiger partial charge in [0.15, 0.2) is 6.29 Å². The van der Waals surface area contributed by atoms with E-state index in [4.69, 9.17) is 18.9 Å². The van der Waals surface area contributed by atoms with Crippen molar-refractivity contribution in [2.45, 2.75) is 120 Å². The van der Waals surface area contributed by atoms with Gasteiger partial charge in [-0.1, -0.05) is 45.4 Å². The SMILES string of the molecule is CC[C@H]1C[C@H]2C[C@H]3c4[nH]c5ccc(OC(=O)OCCCCCCCCCOC6O[C@H](CO)[C@@H](O)[C@H](O)[C@H]6O)cc5c4CCN(C2)C13. The molecule has 256 valence electrons. The van der Waals surface area contributed by atoms with Crippen molar-refractivity contribution in [2.75, 3.05) is 32.9 Å². The molecule has 11 nitrogen and oxygen atoms in total. The zero-order chi connectivity index (χ0) is 32.2. The minimum atomic E-state index is -1.42. The smallest absolute Gasteiger partial charge is 0.434 e. The molecule has 10 atom stereocenters. The summed E-state index contributed by atoms with van der Waals surface area (Å²) in [6.07, 6.45) is 4.59. The van der Waals surface area contributed by atoms with E-state index >= 15 is 0 Å². The first-order chi connectivity index (χ1) is 22.4. The fourth-order valence-electron chi connectivity index (χ4n) is 8.51. The van der Waals surface area contributed by atoms with Gasteiger partial charge in [-0.2, -0.15) is 0 Å². The number of benzene rings is 1. The maximum Gasteiger partial charge on any atom is 0.513 e. The molecule has 7 rings (SSSR count). The second-order valence-corrected chi connectivity index (χ2v) is 13.8. The van der Waals surface area contributed by atoms with E-state index in [1.54, 1.807) is 0 Å². The van der Waals surface area contributed by atoms with Gasteiger partial charge in [0.05, 0.1) is 13.2 Å². The first-order valence-electron chi connectivity index (χ1n) is 17.5. The summed E-state index contributed by atoms with van der Waals surface area (Å²) in [6.45, 7) is 4.88. The minimum Gasteiger partial charge on any atom is -0.434 e. The molecular weight excluding hydrogens is 592 g/mol. The maximum atomic E-state index is 12.4. The second kappa shape index (κ2) is 15.3. The lowest BCUT2D eigenvalue weighted by Crippen LogP contribution is -2.59. The third-order valence-electron chi connectivity index (χ3n) is 10.8. The molecule has 3 unspecified atom stereocenters. The highest BCUT2D eigenvalue weighted by Crippen LogP contribution is 2.51. The molecule has 0 radical (unpaired) electrons. The van der Waals surface area contributed by atoms with Crippen LogP contribution in [-0.2, 0) is 20.6 Å². The van der Waals surface area contributed by atoms with Crippen LogP contribution in [0.2, 0.25) is 0 Å². The number of hydrogen-bond acceptors (Lipinski definition) is 10. The number of hydrogen-bond donors (Lipinski definition) is 5. The first-order valence-corrected chi connectivity index (χ1v) is 17.5. The van der Waals surface area contributed by atoms with Crippen molar-refractivity contribution in [3.63, 3.8) is 0 Å². The lowest BCUT2D eigenvalue weighted by Gasteiger charge is -2.53. The second-order valence-electron chi connectivity index (χ2n) is 13.8. The van der Waals surface area contributed by atoms with Crippen molar-refractivity contribution < 1.29 is 44.2 Å². The molecule has 1 aromatic heterocycles. The lowest BCUT2D eigenvalue weighted by molar-refractivity contribution is -0.301. The molecule has 1 saturated carbocycles. The molecule has 1 aliphatic carbocycles. The minimum absolute atomic E-state index is 0.326. The van der Waals surface area contributed by atoms with E-state index in [1.165, 1.54) is 42.5 Å². The number of carbonyl (C=O) groups is 1. The average molecular weight is 645 g/mol. The Balaban J connectivity index is 0.862. The normalized spacial score (nSPS) is 33.5. The number of piperidine rings is 2. The first kappa shape index (κ1) is 33.6. The Morgan fingerprint density at radius 3 is 2.52 bits per heavy atom. The summed E-state index contributed by atoms with van der Waals surface area (Å²) in [5.74, 6) is 2.67. The van der Waals surface area contributed by atoms with Crippen molar-refractivity contribution >= 4 is 17.1 Å². The predicted octanol–water partition coefficient (Wildman–Crippen LogP) is 3.99. The maximum absolute atomic E-state index is 12.4. The van der Waals surface area contributed by atoms with Gasteiger partial charge in [0.25, 0.3) is 0 Å². The largest absolute Gasteiger partial charge is 0.513 e. The van der Waals surface area contributed by atoms with Gasteiger partial charge in [0, 0.05) is 48.3 Å². The van der Waals surface area contributed by atoms with E-state index in [0.29, 0.717) is 30.9 Å². The number of nitrogens with zero attached hydrogens (tertiary/aromatic N) is 1. The summed E-state index contributed by atoms with van der Waals surface area (Å²) in [5, 5.41) is 40.1. The molecule has 4 aliphatic heterocycles. The summed E-state index contributed by atoms with van der Waals surface area (Å²) >= 11 is 0. The van der Waals surface area contributed by atoms with Gasteiger partial charge in [0.1, 0.15) is 30.2 Å². The fraction of sp³-hybridized carbons (Fsp3) is 0.743. The van der Waals surface area contributed by atoms with Gasteiger partial charge in [0.2, 0.25) is 0 Å². The zero-order valence-electron chi connectivity index (χ0n) is 27.0. The summed E-state index contributed by atoms with van der Waals surface area (Å²) < 4.78 is 21.8. The lowest BCUT2D eigenvalue weighted by atomic mass is 9.65. The Morgan fingerprint density at radius 2 is 1.76 bits per heavy atom. The molecule has 5 N–H and O–H groups in total. The predicted molar refractivity (Wildman–Crippen MR) is 171 cm³/mol. The van der Waals surface area contributed by atoms with E-state index in [9.17, 15) is 25.2 Å². The van der Waals surface area contributed by atoms with Crippen molar-refractivity contribution in [1.82, 2.24) is 9.88 Å². The molecule has 5 aliphatic rings. The molecular formula is C35H52N2O9. The molecule has 5 heterocycles. The number of fused-ring (bicyclic) bond motifs is 4. The molecule has 2 aromatic rings. The third-order valence-corrected chi connectivity index (χ3v) is 10.8. The average Bonchev–Trinajstić information content (AvgIpc) is 3.38. The van der Waals surface area contributed by atoms with Crippen LogP contribution in [0.1, 0.15) is 88.3 Å². The van der Waals surface area contributed by atoms with Gasteiger partial charge in [-0.3, -0.25) is 4.90 Å². The van der Waals surface area contributed by atoms with Crippen molar-refractivity contribution in [2.24, 2.45) is 11.8 Å². The van der Waals surface area contributed by atoms with Crippen LogP contribution in [-0.4, -0.2) is 106 Å². The molecule has 4 bridgehead atoms.